The van der Waals surface area contributed by atoms with E-state index < -0.39 is 37.3 Å². The second kappa shape index (κ2) is 8.77. The number of phenolic OH excluding ortho intramolecular Hbond substituents is 2. The van der Waals surface area contributed by atoms with E-state index in [0.29, 0.717) is 16.7 Å². The molecule has 2 heterocycles. The fourth-order valence-electron chi connectivity index (χ4n) is 3.52. The maximum Gasteiger partial charge on any atom is 0.368 e. The van der Waals surface area contributed by atoms with Crippen molar-refractivity contribution in [3.05, 3.63) is 42.5 Å². The minimum absolute atomic E-state index is 0.0232. The lowest BCUT2D eigenvalue weighted by Gasteiger charge is -2.39. The van der Waals surface area contributed by atoms with Gasteiger partial charge in [-0.05, 0) is 18.2 Å². The van der Waals surface area contributed by atoms with Gasteiger partial charge >= 0.3 is 11.3 Å². The third kappa shape index (κ3) is 4.01. The van der Waals surface area contributed by atoms with Crippen LogP contribution in [0, 0.1) is 0 Å². The quantitative estimate of drug-likeness (QED) is 0.311. The average molecular weight is 447 g/mol. The van der Waals surface area contributed by atoms with Crippen molar-refractivity contribution < 1.29 is 49.3 Å². The van der Waals surface area contributed by atoms with Crippen molar-refractivity contribution in [2.45, 2.75) is 30.7 Å². The topological polar surface area (TPSA) is 160 Å². The molecule has 1 saturated heterocycles. The lowest BCUT2D eigenvalue weighted by molar-refractivity contribution is -0.277. The fourth-order valence-corrected chi connectivity index (χ4v) is 3.52. The molecule has 4 rings (SSSR count). The standard InChI is InChI=1S/C22H22O10/c1-29-17-6-10(2-4-13(17)25)14-5-3-12-15(30-14)7-11(24)8-16(12)31-22-21(28)20(27)19(26)18(9-23)32-22/h2-8,18-23,26-28H,9H2,1H3,(H-,24,25)/p+1/t18-,19-,20+,21-,22-/m1/s1. The number of phenols is 2. The number of aromatic hydroxyl groups is 2. The van der Waals surface area contributed by atoms with Crippen LogP contribution in [0.2, 0.25) is 0 Å². The summed E-state index contributed by atoms with van der Waals surface area (Å²) in [4.78, 5) is 0. The fraction of sp³-hybridized carbons (Fsp3) is 0.318. The molecule has 0 bridgehead atoms. The summed E-state index contributed by atoms with van der Waals surface area (Å²) in [5.74, 6) is 0.551. The van der Waals surface area contributed by atoms with Crippen molar-refractivity contribution in [2.75, 3.05) is 13.7 Å². The van der Waals surface area contributed by atoms with E-state index in [9.17, 15) is 30.6 Å². The molecule has 1 fully saturated rings. The molecule has 5 atom stereocenters. The molecule has 1 aromatic heterocycles. The van der Waals surface area contributed by atoms with Gasteiger partial charge in [-0.15, -0.1) is 0 Å². The molecule has 2 aromatic carbocycles. The van der Waals surface area contributed by atoms with Crippen molar-refractivity contribution in [3.63, 3.8) is 0 Å². The molecule has 0 unspecified atom stereocenters. The third-order valence-corrected chi connectivity index (χ3v) is 5.27. The minimum Gasteiger partial charge on any atom is -0.507 e. The number of hydrogen-bond donors (Lipinski definition) is 6. The van der Waals surface area contributed by atoms with Crippen LogP contribution in [0.25, 0.3) is 22.3 Å². The zero-order valence-corrected chi connectivity index (χ0v) is 17.0. The van der Waals surface area contributed by atoms with E-state index in [0.717, 1.165) is 0 Å². The van der Waals surface area contributed by atoms with Crippen molar-refractivity contribution in [1.29, 1.82) is 0 Å². The zero-order chi connectivity index (χ0) is 23.0. The summed E-state index contributed by atoms with van der Waals surface area (Å²) in [6.45, 7) is -0.597. The number of ether oxygens (including phenoxy) is 3. The Balaban J connectivity index is 1.69. The molecule has 0 radical (unpaired) electrons. The smallest absolute Gasteiger partial charge is 0.368 e. The van der Waals surface area contributed by atoms with Crippen molar-refractivity contribution in [1.82, 2.24) is 0 Å². The van der Waals surface area contributed by atoms with Gasteiger partial charge in [-0.1, -0.05) is 0 Å². The van der Waals surface area contributed by atoms with E-state index in [4.69, 9.17) is 18.6 Å². The van der Waals surface area contributed by atoms with Gasteiger partial charge in [0.1, 0.15) is 41.3 Å². The van der Waals surface area contributed by atoms with Gasteiger partial charge in [-0.2, -0.15) is 0 Å². The molecule has 0 spiro atoms. The summed E-state index contributed by atoms with van der Waals surface area (Å²) in [5, 5.41) is 59.8. The van der Waals surface area contributed by atoms with Crippen LogP contribution in [0.5, 0.6) is 23.0 Å². The minimum atomic E-state index is -1.61. The number of aliphatic hydroxyl groups excluding tert-OH is 4. The highest BCUT2D eigenvalue weighted by molar-refractivity contribution is 5.86. The zero-order valence-electron chi connectivity index (χ0n) is 17.0. The molecule has 1 aliphatic rings. The van der Waals surface area contributed by atoms with Gasteiger partial charge in [-0.3, -0.25) is 0 Å². The Morgan fingerprint density at radius 1 is 0.938 bits per heavy atom. The second-order valence-electron chi connectivity index (χ2n) is 7.36. The van der Waals surface area contributed by atoms with Gasteiger partial charge in [0.15, 0.2) is 11.5 Å². The number of aliphatic hydroxyl groups is 4. The Kier molecular flexibility index (Phi) is 6.04. The van der Waals surface area contributed by atoms with Crippen LogP contribution in [-0.2, 0) is 4.74 Å². The van der Waals surface area contributed by atoms with Gasteiger partial charge in [0.2, 0.25) is 6.29 Å². The highest BCUT2D eigenvalue weighted by atomic mass is 16.7. The summed E-state index contributed by atoms with van der Waals surface area (Å²) in [6.07, 6.45) is -7.28. The number of methoxy groups -OCH3 is 1. The number of benzene rings is 2. The van der Waals surface area contributed by atoms with Gasteiger partial charge in [-0.25, -0.2) is 4.42 Å². The SMILES string of the molecule is COc1cc(-c2ccc3c(O[C@@H]4O[C@H](CO)[C@@H](O)[C@H](O)[C@H]4O)cc(O)cc3[o+]2)ccc1O. The third-order valence-electron chi connectivity index (χ3n) is 5.27. The van der Waals surface area contributed by atoms with Crippen molar-refractivity contribution >= 4 is 11.0 Å². The first-order valence-electron chi connectivity index (χ1n) is 9.76. The molecule has 10 nitrogen and oxygen atoms in total. The van der Waals surface area contributed by atoms with Crippen LogP contribution in [-0.4, -0.2) is 75.1 Å². The maximum absolute atomic E-state index is 10.2. The summed E-state index contributed by atoms with van der Waals surface area (Å²) >= 11 is 0. The molecular formula is C22H23O10+. The summed E-state index contributed by atoms with van der Waals surface area (Å²) < 4.78 is 22.1. The molecule has 170 valence electrons. The second-order valence-corrected chi connectivity index (χ2v) is 7.36. The predicted octanol–water partition coefficient (Wildman–Crippen LogP) is 0.979. The monoisotopic (exact) mass is 447 g/mol. The molecular weight excluding hydrogens is 424 g/mol. The van der Waals surface area contributed by atoms with Gasteiger partial charge in [0.25, 0.3) is 0 Å². The molecule has 3 aromatic rings. The van der Waals surface area contributed by atoms with E-state index in [1.807, 2.05) is 0 Å². The molecule has 10 heteroatoms. The lowest BCUT2D eigenvalue weighted by Crippen LogP contribution is -2.60. The summed E-state index contributed by atoms with van der Waals surface area (Å²) in [7, 11) is 1.43. The first kappa shape index (κ1) is 22.1. The predicted molar refractivity (Wildman–Crippen MR) is 110 cm³/mol. The van der Waals surface area contributed by atoms with E-state index in [1.54, 1.807) is 24.3 Å². The van der Waals surface area contributed by atoms with Gasteiger partial charge in [0, 0.05) is 18.2 Å². The van der Waals surface area contributed by atoms with E-state index in [2.05, 4.69) is 0 Å². The summed E-state index contributed by atoms with van der Waals surface area (Å²) in [5.41, 5.74) is 0.857. The van der Waals surface area contributed by atoms with Crippen LogP contribution in [0.15, 0.2) is 46.9 Å². The van der Waals surface area contributed by atoms with Crippen LogP contribution in [0.1, 0.15) is 0 Å². The van der Waals surface area contributed by atoms with Crippen LogP contribution >= 0.6 is 0 Å². The number of rotatable bonds is 5. The lowest BCUT2D eigenvalue weighted by atomic mass is 9.99. The normalized spacial score (nSPS) is 25.6. The van der Waals surface area contributed by atoms with E-state index >= 15 is 0 Å². The largest absolute Gasteiger partial charge is 0.507 e. The van der Waals surface area contributed by atoms with E-state index in [-0.39, 0.29) is 28.6 Å². The van der Waals surface area contributed by atoms with Crippen LogP contribution < -0.4 is 9.47 Å². The highest BCUT2D eigenvalue weighted by Gasteiger charge is 2.45. The maximum atomic E-state index is 10.2. The Hall–Kier alpha value is -3.15. The van der Waals surface area contributed by atoms with Crippen molar-refractivity contribution in [2.24, 2.45) is 0 Å². The van der Waals surface area contributed by atoms with Gasteiger partial charge in [0.05, 0.1) is 25.3 Å². The molecule has 0 aliphatic carbocycles. The Labute approximate surface area is 182 Å². The molecule has 32 heavy (non-hydrogen) atoms. The first-order chi connectivity index (χ1) is 15.3. The van der Waals surface area contributed by atoms with Gasteiger partial charge < -0.3 is 44.8 Å². The van der Waals surface area contributed by atoms with Crippen LogP contribution in [0.4, 0.5) is 0 Å². The molecule has 1 aliphatic heterocycles. The Bertz CT molecular complexity index is 1120. The van der Waals surface area contributed by atoms with Crippen molar-refractivity contribution in [3.8, 4) is 34.3 Å². The highest BCUT2D eigenvalue weighted by Crippen LogP contribution is 2.37. The molecule has 0 saturated carbocycles. The summed E-state index contributed by atoms with van der Waals surface area (Å²) in [6, 6.07) is 10.6. The first-order valence-corrected chi connectivity index (χ1v) is 9.76. The molecule has 0 amide bonds. The van der Waals surface area contributed by atoms with Crippen LogP contribution in [0.3, 0.4) is 0 Å². The number of hydrogen-bond acceptors (Lipinski definition) is 9. The Morgan fingerprint density at radius 3 is 2.44 bits per heavy atom. The average Bonchev–Trinajstić information content (AvgIpc) is 2.79. The van der Waals surface area contributed by atoms with E-state index in [1.165, 1.54) is 25.3 Å². The number of fused-ring (bicyclic) bond motifs is 1. The molecule has 6 N–H and O–H groups in total. The Morgan fingerprint density at radius 2 is 1.72 bits per heavy atom.